The maximum Gasteiger partial charge on any atom is 0.179 e. The molecule has 26 heavy (non-hydrogen) atoms. The molecule has 0 atom stereocenters. The van der Waals surface area contributed by atoms with Crippen molar-refractivity contribution >= 4 is 11.6 Å². The predicted molar refractivity (Wildman–Crippen MR) is 106 cm³/mol. The summed E-state index contributed by atoms with van der Waals surface area (Å²) >= 11 is 6.26. The molecule has 5 heteroatoms. The van der Waals surface area contributed by atoms with Crippen LogP contribution in [0.15, 0.2) is 36.4 Å². The lowest BCUT2D eigenvalue weighted by atomic mass is 10.1. The van der Waals surface area contributed by atoms with Gasteiger partial charge in [0.2, 0.25) is 0 Å². The Kier molecular flexibility index (Phi) is 6.78. The van der Waals surface area contributed by atoms with Crippen LogP contribution in [-0.4, -0.2) is 32.2 Å². The summed E-state index contributed by atoms with van der Waals surface area (Å²) in [6, 6.07) is 12.8. The molecule has 0 bridgehead atoms. The summed E-state index contributed by atoms with van der Waals surface area (Å²) in [6.07, 6.45) is 2.67. The molecule has 1 heterocycles. The predicted octanol–water partition coefficient (Wildman–Crippen LogP) is 4.24. The van der Waals surface area contributed by atoms with Gasteiger partial charge in [-0.2, -0.15) is 0 Å². The molecule has 3 rings (SSSR count). The maximum atomic E-state index is 6.26. The summed E-state index contributed by atoms with van der Waals surface area (Å²) in [5.74, 6) is 1.23. The van der Waals surface area contributed by atoms with Crippen LogP contribution in [0.3, 0.4) is 0 Å². The smallest absolute Gasteiger partial charge is 0.179 e. The van der Waals surface area contributed by atoms with E-state index in [1.807, 2.05) is 12.1 Å². The van der Waals surface area contributed by atoms with Gasteiger partial charge < -0.3 is 14.8 Å². The number of methoxy groups -OCH3 is 2. The van der Waals surface area contributed by atoms with Gasteiger partial charge in [0.15, 0.2) is 11.5 Å². The van der Waals surface area contributed by atoms with E-state index in [0.29, 0.717) is 16.5 Å². The number of halogens is 1. The Hall–Kier alpha value is -1.75. The quantitative estimate of drug-likeness (QED) is 0.749. The highest BCUT2D eigenvalue weighted by atomic mass is 35.5. The van der Waals surface area contributed by atoms with Crippen LogP contribution in [0.1, 0.15) is 29.5 Å². The van der Waals surface area contributed by atoms with Crippen molar-refractivity contribution in [2.45, 2.75) is 32.5 Å². The second-order valence-electron chi connectivity index (χ2n) is 6.72. The van der Waals surface area contributed by atoms with E-state index in [4.69, 9.17) is 21.1 Å². The van der Waals surface area contributed by atoms with Gasteiger partial charge in [-0.05, 0) is 54.8 Å². The summed E-state index contributed by atoms with van der Waals surface area (Å²) in [5.41, 5.74) is 3.74. The lowest BCUT2D eigenvalue weighted by Gasteiger charge is -2.15. The molecule has 4 nitrogen and oxygen atoms in total. The molecule has 1 saturated heterocycles. The van der Waals surface area contributed by atoms with E-state index in [-0.39, 0.29) is 0 Å². The molecular weight excluding hydrogens is 348 g/mol. The van der Waals surface area contributed by atoms with E-state index in [0.717, 1.165) is 25.2 Å². The number of nitrogens with one attached hydrogen (secondary N) is 1. The van der Waals surface area contributed by atoms with Crippen molar-refractivity contribution < 1.29 is 9.47 Å². The minimum atomic E-state index is 0.565. The van der Waals surface area contributed by atoms with Gasteiger partial charge in [0.1, 0.15) is 0 Å². The van der Waals surface area contributed by atoms with E-state index in [1.54, 1.807) is 14.2 Å². The third kappa shape index (κ3) is 4.91. The Balaban J connectivity index is 1.52. The fraction of sp³-hybridized carbons (Fsp3) is 0.429. The van der Waals surface area contributed by atoms with Crippen molar-refractivity contribution in [2.75, 3.05) is 27.3 Å². The van der Waals surface area contributed by atoms with Crippen LogP contribution >= 0.6 is 11.6 Å². The molecule has 2 aromatic carbocycles. The Morgan fingerprint density at radius 1 is 0.923 bits per heavy atom. The molecule has 1 N–H and O–H groups in total. The zero-order valence-corrected chi connectivity index (χ0v) is 16.3. The van der Waals surface area contributed by atoms with E-state index in [1.165, 1.54) is 37.1 Å². The fourth-order valence-corrected chi connectivity index (χ4v) is 3.70. The Morgan fingerprint density at radius 3 is 2.23 bits per heavy atom. The van der Waals surface area contributed by atoms with Crippen molar-refractivity contribution in [3.63, 3.8) is 0 Å². The highest BCUT2D eigenvalue weighted by Gasteiger charge is 2.12. The second kappa shape index (κ2) is 9.26. The minimum absolute atomic E-state index is 0.565. The van der Waals surface area contributed by atoms with Crippen LogP contribution in [0.2, 0.25) is 5.02 Å². The SMILES string of the molecule is COc1cc(CNCc2ccc(CN3CCCC3)cc2)cc(Cl)c1OC. The minimum Gasteiger partial charge on any atom is -0.493 e. The van der Waals surface area contributed by atoms with E-state index >= 15 is 0 Å². The summed E-state index contributed by atoms with van der Waals surface area (Å²) in [6.45, 7) is 5.07. The third-order valence-corrected chi connectivity index (χ3v) is 5.06. The van der Waals surface area contributed by atoms with Gasteiger partial charge in [0.05, 0.1) is 19.2 Å². The van der Waals surface area contributed by atoms with Gasteiger partial charge >= 0.3 is 0 Å². The number of benzene rings is 2. The zero-order chi connectivity index (χ0) is 18.4. The Morgan fingerprint density at radius 2 is 1.58 bits per heavy atom. The molecule has 0 saturated carbocycles. The number of likely N-dealkylation sites (tertiary alicyclic amines) is 1. The molecule has 1 fully saturated rings. The van der Waals surface area contributed by atoms with Crippen molar-refractivity contribution in [1.82, 2.24) is 10.2 Å². The molecular formula is C21H27ClN2O2. The molecule has 0 aliphatic carbocycles. The van der Waals surface area contributed by atoms with Crippen LogP contribution in [0.25, 0.3) is 0 Å². The number of hydrogen-bond donors (Lipinski definition) is 1. The first kappa shape index (κ1) is 19.0. The molecule has 140 valence electrons. The highest BCUT2D eigenvalue weighted by Crippen LogP contribution is 2.35. The molecule has 1 aliphatic heterocycles. The molecule has 0 radical (unpaired) electrons. The Labute approximate surface area is 161 Å². The van der Waals surface area contributed by atoms with Crippen molar-refractivity contribution in [3.8, 4) is 11.5 Å². The molecule has 0 spiro atoms. The number of ether oxygens (including phenoxy) is 2. The monoisotopic (exact) mass is 374 g/mol. The molecule has 2 aromatic rings. The molecule has 0 amide bonds. The van der Waals surface area contributed by atoms with Gasteiger partial charge in [0, 0.05) is 19.6 Å². The average molecular weight is 375 g/mol. The Bertz CT molecular complexity index is 713. The lowest BCUT2D eigenvalue weighted by molar-refractivity contribution is 0.331. The van der Waals surface area contributed by atoms with Gasteiger partial charge in [0.25, 0.3) is 0 Å². The number of nitrogens with zero attached hydrogens (tertiary/aromatic N) is 1. The van der Waals surface area contributed by atoms with Crippen molar-refractivity contribution in [3.05, 3.63) is 58.1 Å². The van der Waals surface area contributed by atoms with Crippen LogP contribution in [-0.2, 0) is 19.6 Å². The van der Waals surface area contributed by atoms with Crippen molar-refractivity contribution in [1.29, 1.82) is 0 Å². The van der Waals surface area contributed by atoms with Crippen LogP contribution < -0.4 is 14.8 Å². The van der Waals surface area contributed by atoms with E-state index in [2.05, 4.69) is 34.5 Å². The van der Waals surface area contributed by atoms with E-state index < -0.39 is 0 Å². The van der Waals surface area contributed by atoms with Gasteiger partial charge in [-0.3, -0.25) is 4.90 Å². The lowest BCUT2D eigenvalue weighted by Crippen LogP contribution is -2.18. The second-order valence-corrected chi connectivity index (χ2v) is 7.12. The first-order valence-electron chi connectivity index (χ1n) is 9.11. The highest BCUT2D eigenvalue weighted by molar-refractivity contribution is 6.32. The third-order valence-electron chi connectivity index (χ3n) is 4.78. The number of hydrogen-bond acceptors (Lipinski definition) is 4. The van der Waals surface area contributed by atoms with Crippen LogP contribution in [0, 0.1) is 0 Å². The summed E-state index contributed by atoms with van der Waals surface area (Å²) in [4.78, 5) is 2.52. The molecule has 1 aliphatic rings. The average Bonchev–Trinajstić information content (AvgIpc) is 3.15. The maximum absolute atomic E-state index is 6.26. The van der Waals surface area contributed by atoms with E-state index in [9.17, 15) is 0 Å². The zero-order valence-electron chi connectivity index (χ0n) is 15.6. The molecule has 0 aromatic heterocycles. The summed E-state index contributed by atoms with van der Waals surface area (Å²) < 4.78 is 10.6. The topological polar surface area (TPSA) is 33.7 Å². The standard InChI is InChI=1S/C21H27ClN2O2/c1-25-20-12-18(11-19(22)21(20)26-2)14-23-13-16-5-7-17(8-6-16)15-24-9-3-4-10-24/h5-8,11-12,23H,3-4,9-10,13-15H2,1-2H3. The van der Waals surface area contributed by atoms with Crippen LogP contribution in [0.5, 0.6) is 11.5 Å². The first-order chi connectivity index (χ1) is 12.7. The fourth-order valence-electron chi connectivity index (χ4n) is 3.39. The van der Waals surface area contributed by atoms with Gasteiger partial charge in [-0.25, -0.2) is 0 Å². The first-order valence-corrected chi connectivity index (χ1v) is 9.48. The number of rotatable bonds is 8. The van der Waals surface area contributed by atoms with Gasteiger partial charge in [-0.1, -0.05) is 35.9 Å². The van der Waals surface area contributed by atoms with Crippen molar-refractivity contribution in [2.24, 2.45) is 0 Å². The molecule has 0 unspecified atom stereocenters. The summed E-state index contributed by atoms with van der Waals surface area (Å²) in [7, 11) is 3.21. The normalized spacial score (nSPS) is 14.6. The largest absolute Gasteiger partial charge is 0.493 e. The summed E-state index contributed by atoms with van der Waals surface area (Å²) in [5, 5.41) is 4.03. The van der Waals surface area contributed by atoms with Gasteiger partial charge in [-0.15, -0.1) is 0 Å². The van der Waals surface area contributed by atoms with Crippen LogP contribution in [0.4, 0.5) is 0 Å².